The van der Waals surface area contributed by atoms with E-state index < -0.39 is 45.2 Å². The largest absolute Gasteiger partial charge is 0.419 e. The van der Waals surface area contributed by atoms with Gasteiger partial charge in [-0.2, -0.15) is 27.5 Å². The second-order valence-corrected chi connectivity index (χ2v) is 12.6. The Balaban J connectivity index is 0.00000170. The van der Waals surface area contributed by atoms with Gasteiger partial charge in [0.1, 0.15) is 10.9 Å². The van der Waals surface area contributed by atoms with Crippen molar-refractivity contribution in [3.63, 3.8) is 0 Å². The normalized spacial score (nSPS) is 13.0. The third-order valence-electron chi connectivity index (χ3n) is 4.86. The summed E-state index contributed by atoms with van der Waals surface area (Å²) in [5.41, 5.74) is 0.332. The van der Waals surface area contributed by atoms with E-state index in [1.165, 1.54) is 13.0 Å². The summed E-state index contributed by atoms with van der Waals surface area (Å²) in [5, 5.41) is 17.5. The van der Waals surface area contributed by atoms with Gasteiger partial charge in [-0.05, 0) is 17.9 Å². The lowest BCUT2D eigenvalue weighted by Gasteiger charge is -2.20. The van der Waals surface area contributed by atoms with E-state index in [2.05, 4.69) is 15.2 Å². The van der Waals surface area contributed by atoms with Crippen LogP contribution in [0.5, 0.6) is 0 Å². The van der Waals surface area contributed by atoms with Gasteiger partial charge in [0, 0.05) is 12.0 Å². The maximum absolute atomic E-state index is 13.1. The molecule has 17 heteroatoms. The number of aromatic nitrogens is 3. The lowest BCUT2D eigenvalue weighted by Crippen LogP contribution is -2.44. The lowest BCUT2D eigenvalue weighted by atomic mass is 9.92. The van der Waals surface area contributed by atoms with Gasteiger partial charge < -0.3 is 9.52 Å². The van der Waals surface area contributed by atoms with Crippen LogP contribution in [0.2, 0.25) is 10.0 Å². The number of hydrogen-bond donors (Lipinski definition) is 2. The van der Waals surface area contributed by atoms with Crippen molar-refractivity contribution in [3.8, 4) is 21.3 Å². The molecule has 3 rings (SSSR count). The molecule has 0 fully saturated rings. The number of benzene rings is 1. The molecule has 2 aromatic heterocycles. The quantitative estimate of drug-likeness (QED) is 0.338. The SMILES string of the molecule is CC[C@H](NS(=O)(=O)c1ccc(-c2sc(-c3nnc(CC(C)(C)C)o3)nc2CO)c(Cl)c1Cl)C(F)(F)F.O=C=O. The zero-order valence-electron chi connectivity index (χ0n) is 20.9. The number of carbonyl (C=O) groups excluding carboxylic acids is 2. The van der Waals surface area contributed by atoms with Gasteiger partial charge in [0.05, 0.1) is 27.2 Å². The van der Waals surface area contributed by atoms with Crippen LogP contribution in [-0.4, -0.2) is 47.1 Å². The minimum Gasteiger partial charge on any atom is -0.419 e. The van der Waals surface area contributed by atoms with Crippen LogP contribution in [0.1, 0.15) is 45.7 Å². The first-order chi connectivity index (χ1) is 18.0. The molecule has 0 aliphatic rings. The molecule has 0 radical (unpaired) electrons. The number of thiazole rings is 1. The second-order valence-electron chi connectivity index (χ2n) is 9.14. The third-order valence-corrected chi connectivity index (χ3v) is 8.49. The standard InChI is InChI=1S/C21H23Cl2F3N4O4S2.CO2/c1-5-13(21(24,25)26)30-36(32,33)12-7-6-10(15(22)16(12)23)17-11(9-31)27-19(35-17)18-29-28-14(34-18)8-20(2,3)4;2-1-3/h6-7,13,30-31H,5,8-9H2,1-4H3;/t13-;/m0./s1. The van der Waals surface area contributed by atoms with E-state index in [0.717, 1.165) is 17.4 Å². The van der Waals surface area contributed by atoms with Gasteiger partial charge in [-0.25, -0.2) is 13.4 Å². The maximum atomic E-state index is 13.1. The molecule has 1 atom stereocenters. The molecule has 0 saturated heterocycles. The highest BCUT2D eigenvalue weighted by molar-refractivity contribution is 7.89. The van der Waals surface area contributed by atoms with E-state index in [9.17, 15) is 26.7 Å². The number of hydrogen-bond acceptors (Lipinski definition) is 10. The summed E-state index contributed by atoms with van der Waals surface area (Å²) in [6, 6.07) is 0.0376. The minimum absolute atomic E-state index is 0.0907. The molecule has 0 bridgehead atoms. The smallest absolute Gasteiger partial charge is 0.404 e. The van der Waals surface area contributed by atoms with Crippen molar-refractivity contribution >= 4 is 50.7 Å². The fourth-order valence-electron chi connectivity index (χ4n) is 3.17. The summed E-state index contributed by atoms with van der Waals surface area (Å²) in [6.45, 7) is 6.75. The minimum atomic E-state index is -4.78. The molecular weight excluding hydrogens is 608 g/mol. The Labute approximate surface area is 235 Å². The average Bonchev–Trinajstić information content (AvgIpc) is 3.44. The van der Waals surface area contributed by atoms with Crippen LogP contribution in [0, 0.1) is 5.41 Å². The highest BCUT2D eigenvalue weighted by Gasteiger charge is 2.41. The van der Waals surface area contributed by atoms with Crippen molar-refractivity contribution in [2.24, 2.45) is 5.41 Å². The summed E-state index contributed by atoms with van der Waals surface area (Å²) in [7, 11) is -4.65. The molecule has 0 saturated carbocycles. The highest BCUT2D eigenvalue weighted by Crippen LogP contribution is 2.43. The van der Waals surface area contributed by atoms with Crippen molar-refractivity contribution in [3.05, 3.63) is 33.8 Å². The van der Waals surface area contributed by atoms with E-state index >= 15 is 0 Å². The average molecular weight is 631 g/mol. The molecule has 1 aromatic carbocycles. The van der Waals surface area contributed by atoms with Crippen LogP contribution < -0.4 is 4.72 Å². The number of rotatable bonds is 8. The maximum Gasteiger partial charge on any atom is 0.404 e. The van der Waals surface area contributed by atoms with Gasteiger partial charge in [0.25, 0.3) is 5.89 Å². The summed E-state index contributed by atoms with van der Waals surface area (Å²) >= 11 is 13.6. The van der Waals surface area contributed by atoms with Gasteiger partial charge >= 0.3 is 12.3 Å². The first-order valence-electron chi connectivity index (χ1n) is 11.0. The molecule has 0 spiro atoms. The molecule has 0 aliphatic carbocycles. The van der Waals surface area contributed by atoms with E-state index in [1.54, 1.807) is 4.72 Å². The fraction of sp³-hybridized carbons (Fsp3) is 0.455. The lowest BCUT2D eigenvalue weighted by molar-refractivity contribution is -0.191. The van der Waals surface area contributed by atoms with Gasteiger partial charge in [-0.15, -0.1) is 21.5 Å². The van der Waals surface area contributed by atoms with Crippen molar-refractivity contribution in [2.75, 3.05) is 0 Å². The molecular formula is C22H23Cl2F3N4O6S2. The Bertz CT molecular complexity index is 1450. The summed E-state index contributed by atoms with van der Waals surface area (Å²) in [5.74, 6) is 0.538. The van der Waals surface area contributed by atoms with Crippen LogP contribution in [-0.2, 0) is 32.6 Å². The molecule has 39 heavy (non-hydrogen) atoms. The topological polar surface area (TPSA) is 152 Å². The Morgan fingerprint density at radius 2 is 1.77 bits per heavy atom. The molecule has 0 unspecified atom stereocenters. The van der Waals surface area contributed by atoms with Gasteiger partial charge in [0.15, 0.2) is 5.01 Å². The van der Waals surface area contributed by atoms with Crippen molar-refractivity contribution in [2.45, 2.75) is 64.3 Å². The molecule has 0 amide bonds. The first kappa shape index (κ1) is 32.8. The molecule has 0 aliphatic heterocycles. The van der Waals surface area contributed by atoms with Gasteiger partial charge in [-0.1, -0.05) is 57.0 Å². The van der Waals surface area contributed by atoms with E-state index in [4.69, 9.17) is 37.2 Å². The zero-order valence-corrected chi connectivity index (χ0v) is 24.0. The Morgan fingerprint density at radius 3 is 2.28 bits per heavy atom. The summed E-state index contributed by atoms with van der Waals surface area (Å²) in [6.07, 6.45) is -4.51. The Kier molecular flexibility index (Phi) is 10.8. The fourth-order valence-corrected chi connectivity index (χ4v) is 6.43. The third kappa shape index (κ3) is 8.30. The van der Waals surface area contributed by atoms with E-state index in [-0.39, 0.29) is 33.7 Å². The van der Waals surface area contributed by atoms with E-state index in [1.807, 2.05) is 20.8 Å². The van der Waals surface area contributed by atoms with Crippen LogP contribution in [0.4, 0.5) is 13.2 Å². The molecule has 214 valence electrons. The van der Waals surface area contributed by atoms with Crippen LogP contribution in [0.15, 0.2) is 21.4 Å². The van der Waals surface area contributed by atoms with Gasteiger partial charge in [-0.3, -0.25) is 0 Å². The number of nitrogens with one attached hydrogen (secondary N) is 1. The van der Waals surface area contributed by atoms with Crippen molar-refractivity contribution < 1.29 is 40.7 Å². The molecule has 2 heterocycles. The molecule has 10 nitrogen and oxygen atoms in total. The Morgan fingerprint density at radius 1 is 1.15 bits per heavy atom. The first-order valence-corrected chi connectivity index (χ1v) is 14.0. The Hall–Kier alpha value is -2.39. The van der Waals surface area contributed by atoms with Crippen LogP contribution in [0.25, 0.3) is 21.3 Å². The van der Waals surface area contributed by atoms with Gasteiger partial charge in [0.2, 0.25) is 15.9 Å². The predicted octanol–water partition coefficient (Wildman–Crippen LogP) is 5.28. The number of aliphatic hydroxyl groups excluding tert-OH is 1. The van der Waals surface area contributed by atoms with Crippen LogP contribution >= 0.6 is 34.5 Å². The number of sulfonamides is 1. The number of alkyl halides is 3. The van der Waals surface area contributed by atoms with E-state index in [0.29, 0.717) is 22.2 Å². The summed E-state index contributed by atoms with van der Waals surface area (Å²) in [4.78, 5) is 20.3. The predicted molar refractivity (Wildman–Crippen MR) is 135 cm³/mol. The monoisotopic (exact) mass is 630 g/mol. The number of aliphatic hydroxyl groups is 1. The van der Waals surface area contributed by atoms with Crippen molar-refractivity contribution in [1.29, 1.82) is 0 Å². The molecule has 2 N–H and O–H groups in total. The summed E-state index contributed by atoms with van der Waals surface area (Å²) < 4.78 is 71.9. The number of nitrogens with zero attached hydrogens (tertiary/aromatic N) is 3. The van der Waals surface area contributed by atoms with Crippen molar-refractivity contribution in [1.82, 2.24) is 19.9 Å². The van der Waals surface area contributed by atoms with Crippen LogP contribution in [0.3, 0.4) is 0 Å². The molecule has 3 aromatic rings. The highest BCUT2D eigenvalue weighted by atomic mass is 35.5. The zero-order chi connectivity index (χ0) is 29.8. The second kappa shape index (κ2) is 12.9. The number of halogens is 5.